The molecule has 74 valence electrons. The number of esters is 1. The van der Waals surface area contributed by atoms with E-state index >= 15 is 0 Å². The summed E-state index contributed by atoms with van der Waals surface area (Å²) >= 11 is 0. The Balaban J connectivity index is 2.03. The first-order valence-electron chi connectivity index (χ1n) is 5.07. The normalized spacial score (nSPS) is 15.5. The summed E-state index contributed by atoms with van der Waals surface area (Å²) in [7, 11) is 0. The molecule has 0 saturated heterocycles. The van der Waals surface area contributed by atoms with Crippen molar-refractivity contribution in [1.29, 1.82) is 0 Å². The molecule has 0 radical (unpaired) electrons. The van der Waals surface area contributed by atoms with Crippen molar-refractivity contribution in [2.75, 3.05) is 6.61 Å². The minimum atomic E-state index is -0.0300. The number of ether oxygens (including phenoxy) is 1. The van der Waals surface area contributed by atoms with Gasteiger partial charge in [-0.3, -0.25) is 4.79 Å². The lowest BCUT2D eigenvalue weighted by atomic mass is 10.1. The third kappa shape index (κ3) is 4.11. The molecule has 0 N–H and O–H groups in total. The Labute approximate surface area is 80.0 Å². The minimum Gasteiger partial charge on any atom is -0.461 e. The van der Waals surface area contributed by atoms with E-state index in [1.807, 2.05) is 0 Å². The van der Waals surface area contributed by atoms with Gasteiger partial charge in [-0.05, 0) is 31.3 Å². The smallest absolute Gasteiger partial charge is 0.309 e. The SMILES string of the molecule is C=C(CCCC)COC(=O)C1CC1. The molecular weight excluding hydrogens is 164 g/mol. The maximum Gasteiger partial charge on any atom is 0.309 e. The predicted octanol–water partition coefficient (Wildman–Crippen LogP) is 2.69. The van der Waals surface area contributed by atoms with E-state index in [4.69, 9.17) is 4.74 Å². The van der Waals surface area contributed by atoms with Gasteiger partial charge in [-0.25, -0.2) is 0 Å². The maximum absolute atomic E-state index is 11.1. The molecule has 2 heteroatoms. The van der Waals surface area contributed by atoms with Gasteiger partial charge in [0.15, 0.2) is 0 Å². The van der Waals surface area contributed by atoms with Crippen molar-refractivity contribution >= 4 is 5.97 Å². The van der Waals surface area contributed by atoms with E-state index in [1.165, 1.54) is 0 Å². The summed E-state index contributed by atoms with van der Waals surface area (Å²) in [6.07, 6.45) is 5.31. The van der Waals surface area contributed by atoms with Crippen LogP contribution in [0.2, 0.25) is 0 Å². The molecule has 1 aliphatic rings. The van der Waals surface area contributed by atoms with Gasteiger partial charge in [-0.1, -0.05) is 19.9 Å². The number of carbonyl (C=O) groups is 1. The van der Waals surface area contributed by atoms with Gasteiger partial charge < -0.3 is 4.74 Å². The van der Waals surface area contributed by atoms with E-state index in [9.17, 15) is 4.79 Å². The second-order valence-corrected chi connectivity index (χ2v) is 3.74. The molecule has 2 nitrogen and oxygen atoms in total. The summed E-state index contributed by atoms with van der Waals surface area (Å²) in [6, 6.07) is 0. The molecule has 1 fully saturated rings. The third-order valence-corrected chi connectivity index (χ3v) is 2.21. The maximum atomic E-state index is 11.1. The van der Waals surface area contributed by atoms with Crippen molar-refractivity contribution in [2.45, 2.75) is 39.0 Å². The van der Waals surface area contributed by atoms with Crippen LogP contribution in [0.1, 0.15) is 39.0 Å². The lowest BCUT2D eigenvalue weighted by molar-refractivity contribution is -0.144. The number of carbonyl (C=O) groups excluding carboxylic acids is 1. The molecule has 0 aromatic rings. The fourth-order valence-corrected chi connectivity index (χ4v) is 1.11. The average molecular weight is 182 g/mol. The molecule has 0 spiro atoms. The van der Waals surface area contributed by atoms with Crippen molar-refractivity contribution in [3.63, 3.8) is 0 Å². The first-order valence-corrected chi connectivity index (χ1v) is 5.07. The summed E-state index contributed by atoms with van der Waals surface area (Å²) in [5.41, 5.74) is 1.04. The summed E-state index contributed by atoms with van der Waals surface area (Å²) in [6.45, 7) is 6.43. The highest BCUT2D eigenvalue weighted by Crippen LogP contribution is 2.30. The van der Waals surface area contributed by atoms with Crippen LogP contribution in [-0.4, -0.2) is 12.6 Å². The Morgan fingerprint density at radius 2 is 2.23 bits per heavy atom. The molecule has 0 amide bonds. The van der Waals surface area contributed by atoms with E-state index in [0.717, 1.165) is 37.7 Å². The second kappa shape index (κ2) is 5.05. The zero-order valence-corrected chi connectivity index (χ0v) is 8.34. The number of rotatable bonds is 6. The highest BCUT2D eigenvalue weighted by molar-refractivity contribution is 5.75. The van der Waals surface area contributed by atoms with Crippen molar-refractivity contribution in [1.82, 2.24) is 0 Å². The molecule has 0 heterocycles. The molecular formula is C11H18O2. The summed E-state index contributed by atoms with van der Waals surface area (Å²) in [5, 5.41) is 0. The lowest BCUT2D eigenvalue weighted by Crippen LogP contribution is -2.08. The van der Waals surface area contributed by atoms with Crippen LogP contribution in [0.25, 0.3) is 0 Å². The van der Waals surface area contributed by atoms with E-state index in [1.54, 1.807) is 0 Å². The molecule has 0 aromatic heterocycles. The van der Waals surface area contributed by atoms with Crippen molar-refractivity contribution in [3.8, 4) is 0 Å². The minimum absolute atomic E-state index is 0.0300. The number of unbranched alkanes of at least 4 members (excludes halogenated alkanes) is 1. The zero-order valence-electron chi connectivity index (χ0n) is 8.34. The Kier molecular flexibility index (Phi) is 4.00. The molecule has 0 aromatic carbocycles. The van der Waals surface area contributed by atoms with Crippen LogP contribution in [0.4, 0.5) is 0 Å². The quantitative estimate of drug-likeness (QED) is 0.466. The molecule has 13 heavy (non-hydrogen) atoms. The van der Waals surface area contributed by atoms with Gasteiger partial charge in [-0.2, -0.15) is 0 Å². The van der Waals surface area contributed by atoms with Gasteiger partial charge in [-0.15, -0.1) is 0 Å². The van der Waals surface area contributed by atoms with Crippen LogP contribution >= 0.6 is 0 Å². The largest absolute Gasteiger partial charge is 0.461 e. The number of hydrogen-bond acceptors (Lipinski definition) is 2. The van der Waals surface area contributed by atoms with Crippen LogP contribution in [0.5, 0.6) is 0 Å². The molecule has 0 unspecified atom stereocenters. The summed E-state index contributed by atoms with van der Waals surface area (Å²) < 4.78 is 5.09. The van der Waals surface area contributed by atoms with Crippen molar-refractivity contribution < 1.29 is 9.53 Å². The van der Waals surface area contributed by atoms with E-state index in [-0.39, 0.29) is 11.9 Å². The topological polar surface area (TPSA) is 26.3 Å². The van der Waals surface area contributed by atoms with Gasteiger partial charge in [0, 0.05) is 0 Å². The fraction of sp³-hybridized carbons (Fsp3) is 0.727. The highest BCUT2D eigenvalue weighted by atomic mass is 16.5. The van der Waals surface area contributed by atoms with Crippen LogP contribution in [-0.2, 0) is 9.53 Å². The van der Waals surface area contributed by atoms with Gasteiger partial charge in [0.2, 0.25) is 0 Å². The highest BCUT2D eigenvalue weighted by Gasteiger charge is 2.31. The fourth-order valence-electron chi connectivity index (χ4n) is 1.11. The zero-order chi connectivity index (χ0) is 9.68. The second-order valence-electron chi connectivity index (χ2n) is 3.74. The van der Waals surface area contributed by atoms with Gasteiger partial charge in [0.1, 0.15) is 6.61 Å². The molecule has 0 bridgehead atoms. The van der Waals surface area contributed by atoms with E-state index < -0.39 is 0 Å². The standard InChI is InChI=1S/C11H18O2/c1-3-4-5-9(2)8-13-11(12)10-6-7-10/h10H,2-8H2,1H3. The predicted molar refractivity (Wildman–Crippen MR) is 52.3 cm³/mol. The van der Waals surface area contributed by atoms with Crippen LogP contribution in [0, 0.1) is 5.92 Å². The monoisotopic (exact) mass is 182 g/mol. The Morgan fingerprint density at radius 3 is 2.77 bits per heavy atom. The van der Waals surface area contributed by atoms with Crippen molar-refractivity contribution in [2.24, 2.45) is 5.92 Å². The third-order valence-electron chi connectivity index (χ3n) is 2.21. The molecule has 0 aliphatic heterocycles. The molecule has 0 atom stereocenters. The van der Waals surface area contributed by atoms with Gasteiger partial charge in [0.25, 0.3) is 0 Å². The Bertz CT molecular complexity index is 192. The van der Waals surface area contributed by atoms with Crippen LogP contribution in [0.3, 0.4) is 0 Å². The van der Waals surface area contributed by atoms with Crippen LogP contribution in [0.15, 0.2) is 12.2 Å². The molecule has 1 aliphatic carbocycles. The first kappa shape index (κ1) is 10.3. The summed E-state index contributed by atoms with van der Waals surface area (Å²) in [4.78, 5) is 11.1. The average Bonchev–Trinajstić information content (AvgIpc) is 2.93. The van der Waals surface area contributed by atoms with E-state index in [2.05, 4.69) is 13.5 Å². The van der Waals surface area contributed by atoms with Crippen LogP contribution < -0.4 is 0 Å². The molecule has 1 saturated carbocycles. The lowest BCUT2D eigenvalue weighted by Gasteiger charge is -2.05. The van der Waals surface area contributed by atoms with Crippen molar-refractivity contribution in [3.05, 3.63) is 12.2 Å². The van der Waals surface area contributed by atoms with Gasteiger partial charge >= 0.3 is 5.97 Å². The van der Waals surface area contributed by atoms with E-state index in [0.29, 0.717) is 6.61 Å². The first-order chi connectivity index (χ1) is 6.24. The Hall–Kier alpha value is -0.790. The molecule has 1 rings (SSSR count). The summed E-state index contributed by atoms with van der Waals surface area (Å²) in [5.74, 6) is 0.177. The number of hydrogen-bond donors (Lipinski definition) is 0. The Morgan fingerprint density at radius 1 is 1.54 bits per heavy atom. The van der Waals surface area contributed by atoms with Gasteiger partial charge in [0.05, 0.1) is 5.92 Å².